The predicted molar refractivity (Wildman–Crippen MR) is 67.7 cm³/mol. The van der Waals surface area contributed by atoms with Crippen molar-refractivity contribution in [3.63, 3.8) is 0 Å². The van der Waals surface area contributed by atoms with E-state index in [0.717, 1.165) is 25.9 Å². The van der Waals surface area contributed by atoms with Crippen LogP contribution in [0.25, 0.3) is 0 Å². The quantitative estimate of drug-likeness (QED) is 0.631. The van der Waals surface area contributed by atoms with E-state index in [2.05, 4.69) is 15.2 Å². The summed E-state index contributed by atoms with van der Waals surface area (Å²) in [6.07, 6.45) is 4.91. The van der Waals surface area contributed by atoms with Gasteiger partial charge in [-0.2, -0.15) is 0 Å². The lowest BCUT2D eigenvalue weighted by Gasteiger charge is -2.25. The van der Waals surface area contributed by atoms with Crippen molar-refractivity contribution in [3.8, 4) is 0 Å². The fourth-order valence-electron chi connectivity index (χ4n) is 2.94. The molecule has 1 aromatic rings. The number of hydrogen-bond donors (Lipinski definition) is 1. The first-order valence-electron chi connectivity index (χ1n) is 6.34. The predicted octanol–water partition coefficient (Wildman–Crippen LogP) is 1.32. The van der Waals surface area contributed by atoms with Gasteiger partial charge in [-0.3, -0.25) is 0 Å². The number of rotatable bonds is 2. The Hall–Kier alpha value is -1.69. The highest BCUT2D eigenvalue weighted by Gasteiger charge is 2.31. The maximum Gasteiger partial charge on any atom is 0.387 e. The van der Waals surface area contributed by atoms with Crippen LogP contribution >= 0.6 is 0 Å². The van der Waals surface area contributed by atoms with Crippen LogP contribution in [-0.4, -0.2) is 35.1 Å². The second-order valence-electron chi connectivity index (χ2n) is 4.98. The van der Waals surface area contributed by atoms with E-state index in [1.807, 2.05) is 0 Å². The van der Waals surface area contributed by atoms with E-state index in [-0.39, 0.29) is 5.82 Å². The standard InChI is InChI=1S/C12H16N4O2/c17-16(18)12-11(2-1-6-13-12)15-7-5-9-3-4-10(8-15)14-9/h1-2,6,9-10,14H,3-5,7-8H2. The molecule has 3 rings (SSSR count). The second kappa shape index (κ2) is 4.53. The number of aromatic nitrogens is 1. The van der Waals surface area contributed by atoms with Crippen LogP contribution < -0.4 is 10.2 Å². The lowest BCUT2D eigenvalue weighted by Crippen LogP contribution is -2.35. The van der Waals surface area contributed by atoms with Crippen LogP contribution in [-0.2, 0) is 0 Å². The minimum atomic E-state index is -0.397. The van der Waals surface area contributed by atoms with Crippen molar-refractivity contribution >= 4 is 11.5 Å². The van der Waals surface area contributed by atoms with Crippen LogP contribution in [0, 0.1) is 10.1 Å². The molecule has 0 aliphatic carbocycles. The molecule has 6 nitrogen and oxygen atoms in total. The van der Waals surface area contributed by atoms with Gasteiger partial charge < -0.3 is 20.3 Å². The monoisotopic (exact) mass is 248 g/mol. The highest BCUT2D eigenvalue weighted by atomic mass is 16.6. The van der Waals surface area contributed by atoms with E-state index in [0.29, 0.717) is 17.8 Å². The Morgan fingerprint density at radius 2 is 2.22 bits per heavy atom. The summed E-state index contributed by atoms with van der Waals surface area (Å²) in [5.74, 6) is -0.0322. The van der Waals surface area contributed by atoms with E-state index in [1.54, 1.807) is 12.1 Å². The first-order chi connectivity index (χ1) is 8.74. The van der Waals surface area contributed by atoms with Crippen LogP contribution in [0.4, 0.5) is 11.5 Å². The highest BCUT2D eigenvalue weighted by Crippen LogP contribution is 2.29. The molecule has 2 atom stereocenters. The van der Waals surface area contributed by atoms with Gasteiger partial charge in [-0.05, 0) is 41.3 Å². The Kier molecular flexibility index (Phi) is 2.87. The van der Waals surface area contributed by atoms with Crippen LogP contribution in [0.3, 0.4) is 0 Å². The van der Waals surface area contributed by atoms with E-state index in [4.69, 9.17) is 0 Å². The fraction of sp³-hybridized carbons (Fsp3) is 0.583. The first-order valence-corrected chi connectivity index (χ1v) is 6.34. The smallest absolute Gasteiger partial charge is 0.363 e. The topological polar surface area (TPSA) is 71.3 Å². The summed E-state index contributed by atoms with van der Waals surface area (Å²) in [6, 6.07) is 4.59. The maximum absolute atomic E-state index is 11.0. The van der Waals surface area contributed by atoms with Gasteiger partial charge in [0.2, 0.25) is 0 Å². The van der Waals surface area contributed by atoms with Crippen LogP contribution in [0.1, 0.15) is 19.3 Å². The summed E-state index contributed by atoms with van der Waals surface area (Å²) in [6.45, 7) is 1.70. The summed E-state index contributed by atoms with van der Waals surface area (Å²) in [5, 5.41) is 14.6. The molecule has 2 unspecified atom stereocenters. The number of anilines is 1. The molecule has 0 saturated carbocycles. The van der Waals surface area contributed by atoms with Gasteiger partial charge in [0.05, 0.1) is 0 Å². The molecule has 2 saturated heterocycles. The van der Waals surface area contributed by atoms with Gasteiger partial charge >= 0.3 is 5.82 Å². The Morgan fingerprint density at radius 3 is 3.06 bits per heavy atom. The van der Waals surface area contributed by atoms with Gasteiger partial charge in [0, 0.05) is 25.2 Å². The van der Waals surface area contributed by atoms with Gasteiger partial charge in [0.25, 0.3) is 0 Å². The zero-order valence-corrected chi connectivity index (χ0v) is 10.1. The molecule has 2 aliphatic heterocycles. The zero-order valence-electron chi connectivity index (χ0n) is 10.1. The van der Waals surface area contributed by atoms with Gasteiger partial charge in [0.1, 0.15) is 11.9 Å². The summed E-state index contributed by atoms with van der Waals surface area (Å²) in [4.78, 5) is 16.6. The number of nitrogens with zero attached hydrogens (tertiary/aromatic N) is 3. The van der Waals surface area contributed by atoms with Gasteiger partial charge in [-0.25, -0.2) is 0 Å². The third kappa shape index (κ3) is 2.03. The first kappa shape index (κ1) is 11.4. The van der Waals surface area contributed by atoms with Gasteiger partial charge in [-0.15, -0.1) is 0 Å². The van der Waals surface area contributed by atoms with E-state index < -0.39 is 4.92 Å². The van der Waals surface area contributed by atoms with Crippen molar-refractivity contribution in [3.05, 3.63) is 28.4 Å². The third-order valence-corrected chi connectivity index (χ3v) is 3.80. The number of fused-ring (bicyclic) bond motifs is 2. The lowest BCUT2D eigenvalue weighted by molar-refractivity contribution is -0.388. The van der Waals surface area contributed by atoms with Crippen molar-refractivity contribution in [1.29, 1.82) is 0 Å². The molecule has 18 heavy (non-hydrogen) atoms. The Balaban J connectivity index is 1.88. The molecule has 3 heterocycles. The Morgan fingerprint density at radius 1 is 1.39 bits per heavy atom. The molecule has 0 radical (unpaired) electrons. The van der Waals surface area contributed by atoms with Crippen LogP contribution in [0.2, 0.25) is 0 Å². The van der Waals surface area contributed by atoms with E-state index >= 15 is 0 Å². The minimum Gasteiger partial charge on any atom is -0.363 e. The summed E-state index contributed by atoms with van der Waals surface area (Å²) in [7, 11) is 0. The fourth-order valence-corrected chi connectivity index (χ4v) is 2.94. The molecule has 2 fully saturated rings. The summed E-state index contributed by atoms with van der Waals surface area (Å²) in [5.41, 5.74) is 0.650. The zero-order chi connectivity index (χ0) is 12.5. The van der Waals surface area contributed by atoms with Gasteiger partial charge in [-0.1, -0.05) is 0 Å². The SMILES string of the molecule is O=[N+]([O-])c1ncccc1N1CCC2CCC(C1)N2. The second-order valence-corrected chi connectivity index (χ2v) is 4.98. The number of nitro groups is 1. The molecule has 0 amide bonds. The van der Waals surface area contributed by atoms with Crippen LogP contribution in [0.15, 0.2) is 18.3 Å². The minimum absolute atomic E-state index is 0.0322. The van der Waals surface area contributed by atoms with E-state index in [9.17, 15) is 10.1 Å². The molecule has 96 valence electrons. The van der Waals surface area contributed by atoms with Crippen molar-refractivity contribution in [2.75, 3.05) is 18.0 Å². The molecule has 2 bridgehead atoms. The van der Waals surface area contributed by atoms with Crippen molar-refractivity contribution in [2.24, 2.45) is 0 Å². The normalized spacial score (nSPS) is 27.0. The summed E-state index contributed by atoms with van der Waals surface area (Å²) < 4.78 is 0. The molecular weight excluding hydrogens is 232 g/mol. The highest BCUT2D eigenvalue weighted by molar-refractivity contribution is 5.59. The number of hydrogen-bond acceptors (Lipinski definition) is 5. The Labute approximate surface area is 105 Å². The Bertz CT molecular complexity index is 465. The molecule has 1 aromatic heterocycles. The molecule has 6 heteroatoms. The largest absolute Gasteiger partial charge is 0.387 e. The van der Waals surface area contributed by atoms with Crippen molar-refractivity contribution < 1.29 is 4.92 Å². The van der Waals surface area contributed by atoms with Gasteiger partial charge in [0.15, 0.2) is 0 Å². The van der Waals surface area contributed by atoms with Crippen molar-refractivity contribution in [1.82, 2.24) is 10.3 Å². The molecular formula is C12H16N4O2. The molecule has 2 aliphatic rings. The number of pyridine rings is 1. The molecule has 0 spiro atoms. The molecule has 0 aromatic carbocycles. The summed E-state index contributed by atoms with van der Waals surface area (Å²) >= 11 is 0. The van der Waals surface area contributed by atoms with Crippen LogP contribution in [0.5, 0.6) is 0 Å². The lowest BCUT2D eigenvalue weighted by atomic mass is 10.1. The maximum atomic E-state index is 11.0. The number of nitrogens with one attached hydrogen (secondary N) is 1. The average Bonchev–Trinajstić information content (AvgIpc) is 2.69. The van der Waals surface area contributed by atoms with Crippen molar-refractivity contribution in [2.45, 2.75) is 31.3 Å². The molecule has 1 N–H and O–H groups in total. The van der Waals surface area contributed by atoms with E-state index in [1.165, 1.54) is 12.6 Å². The third-order valence-electron chi connectivity index (χ3n) is 3.80. The average molecular weight is 248 g/mol.